The second-order valence-electron chi connectivity index (χ2n) is 10.2. The standard InChI is InChI=1S/C22H36O4/c1-13-10-16(24)11-15-4-5-17-18-6-7-20(25)21(18,3)9-8-19(17)22(13,15)12-26-14(2)23/h13,15-20,24-25H,4-12H2,1-3H3/t13?,15?,16?,17-,18-,19+,20?,21-,22-/m0/s1. The highest BCUT2D eigenvalue weighted by Gasteiger charge is 2.63. The minimum Gasteiger partial charge on any atom is -0.465 e. The Morgan fingerprint density at radius 2 is 1.85 bits per heavy atom. The summed E-state index contributed by atoms with van der Waals surface area (Å²) in [6.45, 7) is 6.62. The average Bonchev–Trinajstić information content (AvgIpc) is 2.88. The van der Waals surface area contributed by atoms with Crippen molar-refractivity contribution in [2.24, 2.45) is 40.4 Å². The van der Waals surface area contributed by atoms with Crippen LogP contribution in [0.1, 0.15) is 72.1 Å². The van der Waals surface area contributed by atoms with E-state index in [1.165, 1.54) is 13.3 Å². The normalized spacial score (nSPS) is 53.3. The van der Waals surface area contributed by atoms with Crippen molar-refractivity contribution in [2.75, 3.05) is 6.61 Å². The Kier molecular flexibility index (Phi) is 4.67. The molecule has 4 rings (SSSR count). The molecule has 0 aliphatic heterocycles. The zero-order valence-corrected chi connectivity index (χ0v) is 16.6. The van der Waals surface area contributed by atoms with Crippen LogP contribution >= 0.6 is 0 Å². The van der Waals surface area contributed by atoms with E-state index >= 15 is 0 Å². The van der Waals surface area contributed by atoms with E-state index in [2.05, 4.69) is 13.8 Å². The first-order chi connectivity index (χ1) is 12.3. The molecule has 2 N–H and O–H groups in total. The van der Waals surface area contributed by atoms with Crippen molar-refractivity contribution < 1.29 is 19.7 Å². The van der Waals surface area contributed by atoms with Crippen LogP contribution in [0.15, 0.2) is 0 Å². The Balaban J connectivity index is 1.69. The molecular formula is C22H36O4. The van der Waals surface area contributed by atoms with Crippen molar-refractivity contribution in [1.29, 1.82) is 0 Å². The topological polar surface area (TPSA) is 66.8 Å². The summed E-state index contributed by atoms with van der Waals surface area (Å²) in [4.78, 5) is 11.7. The van der Waals surface area contributed by atoms with Crippen molar-refractivity contribution in [3.63, 3.8) is 0 Å². The molecule has 0 spiro atoms. The van der Waals surface area contributed by atoms with Gasteiger partial charge >= 0.3 is 5.97 Å². The Morgan fingerprint density at radius 3 is 2.58 bits per heavy atom. The van der Waals surface area contributed by atoms with Crippen molar-refractivity contribution in [3.8, 4) is 0 Å². The summed E-state index contributed by atoms with van der Waals surface area (Å²) >= 11 is 0. The van der Waals surface area contributed by atoms with Gasteiger partial charge < -0.3 is 14.9 Å². The molecule has 4 saturated carbocycles. The number of hydrogen-bond acceptors (Lipinski definition) is 4. The summed E-state index contributed by atoms with van der Waals surface area (Å²) in [5, 5.41) is 21.0. The summed E-state index contributed by atoms with van der Waals surface area (Å²) in [6, 6.07) is 0. The number of fused-ring (bicyclic) bond motifs is 5. The Morgan fingerprint density at radius 1 is 1.08 bits per heavy atom. The van der Waals surface area contributed by atoms with Gasteiger partial charge in [-0.2, -0.15) is 0 Å². The third-order valence-corrected chi connectivity index (χ3v) is 9.31. The van der Waals surface area contributed by atoms with E-state index in [1.807, 2.05) is 0 Å². The van der Waals surface area contributed by atoms with E-state index in [0.717, 1.165) is 44.9 Å². The second kappa shape index (κ2) is 6.48. The van der Waals surface area contributed by atoms with Gasteiger partial charge in [0, 0.05) is 12.3 Å². The van der Waals surface area contributed by atoms with Gasteiger partial charge in [-0.15, -0.1) is 0 Å². The molecule has 4 aliphatic rings. The highest BCUT2D eigenvalue weighted by atomic mass is 16.5. The summed E-state index contributed by atoms with van der Waals surface area (Å²) in [6.07, 6.45) is 7.97. The molecule has 4 fully saturated rings. The van der Waals surface area contributed by atoms with E-state index in [9.17, 15) is 15.0 Å². The molecule has 4 nitrogen and oxygen atoms in total. The van der Waals surface area contributed by atoms with Gasteiger partial charge in [-0.25, -0.2) is 0 Å². The Labute approximate surface area is 157 Å². The van der Waals surface area contributed by atoms with Gasteiger partial charge in [-0.05, 0) is 86.4 Å². The number of aliphatic hydroxyl groups is 2. The molecule has 4 unspecified atom stereocenters. The number of carbonyl (C=O) groups is 1. The lowest BCUT2D eigenvalue weighted by molar-refractivity contribution is -0.193. The highest BCUT2D eigenvalue weighted by Crippen LogP contribution is 2.67. The van der Waals surface area contributed by atoms with E-state index in [4.69, 9.17) is 4.74 Å². The van der Waals surface area contributed by atoms with Gasteiger partial charge in [0.05, 0.1) is 18.8 Å². The van der Waals surface area contributed by atoms with Crippen LogP contribution in [0.2, 0.25) is 0 Å². The van der Waals surface area contributed by atoms with Crippen LogP contribution in [-0.2, 0) is 9.53 Å². The number of hydrogen-bond donors (Lipinski definition) is 2. The molecule has 0 aromatic heterocycles. The zero-order chi connectivity index (χ0) is 18.7. The highest BCUT2D eigenvalue weighted by molar-refractivity contribution is 5.65. The van der Waals surface area contributed by atoms with Crippen LogP contribution in [0.3, 0.4) is 0 Å². The monoisotopic (exact) mass is 364 g/mol. The van der Waals surface area contributed by atoms with Crippen molar-refractivity contribution >= 4 is 5.97 Å². The number of carbonyl (C=O) groups excluding carboxylic acids is 1. The fraction of sp³-hybridized carbons (Fsp3) is 0.955. The fourth-order valence-corrected chi connectivity index (χ4v) is 8.05. The molecule has 0 heterocycles. The van der Waals surface area contributed by atoms with Crippen LogP contribution < -0.4 is 0 Å². The van der Waals surface area contributed by atoms with Crippen LogP contribution in [0.25, 0.3) is 0 Å². The van der Waals surface area contributed by atoms with E-state index in [0.29, 0.717) is 36.2 Å². The van der Waals surface area contributed by atoms with Crippen molar-refractivity contribution in [1.82, 2.24) is 0 Å². The number of rotatable bonds is 2. The quantitative estimate of drug-likeness (QED) is 0.736. The van der Waals surface area contributed by atoms with Gasteiger partial charge in [0.25, 0.3) is 0 Å². The van der Waals surface area contributed by atoms with Crippen molar-refractivity contribution in [2.45, 2.75) is 84.3 Å². The maximum absolute atomic E-state index is 11.7. The van der Waals surface area contributed by atoms with Crippen LogP contribution in [0, 0.1) is 40.4 Å². The lowest BCUT2D eigenvalue weighted by atomic mass is 9.42. The van der Waals surface area contributed by atoms with E-state index in [1.54, 1.807) is 0 Å². The molecular weight excluding hydrogens is 328 g/mol. The van der Waals surface area contributed by atoms with Gasteiger partial charge in [0.1, 0.15) is 0 Å². The van der Waals surface area contributed by atoms with Crippen LogP contribution in [0.5, 0.6) is 0 Å². The molecule has 0 amide bonds. The van der Waals surface area contributed by atoms with Gasteiger partial charge in [0.2, 0.25) is 0 Å². The molecule has 0 aromatic carbocycles. The lowest BCUT2D eigenvalue weighted by Gasteiger charge is -2.63. The molecule has 9 atom stereocenters. The predicted molar refractivity (Wildman–Crippen MR) is 99.2 cm³/mol. The first kappa shape index (κ1) is 18.7. The lowest BCUT2D eigenvalue weighted by Crippen LogP contribution is -2.60. The molecule has 4 aliphatic carbocycles. The number of ether oxygens (including phenoxy) is 1. The third-order valence-electron chi connectivity index (χ3n) is 9.31. The van der Waals surface area contributed by atoms with Gasteiger partial charge in [-0.3, -0.25) is 4.79 Å². The van der Waals surface area contributed by atoms with Crippen LogP contribution in [0.4, 0.5) is 0 Å². The molecule has 4 heteroatoms. The minimum absolute atomic E-state index is 0.0166. The SMILES string of the molecule is CC(=O)OC[C@]12C(C)CC(O)CC1CC[C@@H]1[C@H]2CC[C@]2(C)C(O)CC[C@@H]12. The maximum atomic E-state index is 11.7. The Bertz CT molecular complexity index is 562. The van der Waals surface area contributed by atoms with E-state index in [-0.39, 0.29) is 29.0 Å². The molecule has 148 valence electrons. The van der Waals surface area contributed by atoms with Crippen LogP contribution in [-0.4, -0.2) is 35.0 Å². The third kappa shape index (κ3) is 2.58. The second-order valence-corrected chi connectivity index (χ2v) is 10.2. The molecule has 0 saturated heterocycles. The number of aliphatic hydroxyl groups excluding tert-OH is 2. The maximum Gasteiger partial charge on any atom is 0.302 e. The van der Waals surface area contributed by atoms with Gasteiger partial charge in [0.15, 0.2) is 0 Å². The van der Waals surface area contributed by atoms with E-state index < -0.39 is 0 Å². The zero-order valence-electron chi connectivity index (χ0n) is 16.6. The molecule has 0 bridgehead atoms. The first-order valence-corrected chi connectivity index (χ1v) is 10.8. The predicted octanol–water partition coefficient (Wildman–Crippen LogP) is 3.54. The average molecular weight is 365 g/mol. The molecule has 0 radical (unpaired) electrons. The van der Waals surface area contributed by atoms with Crippen molar-refractivity contribution in [3.05, 3.63) is 0 Å². The molecule has 0 aromatic rings. The smallest absolute Gasteiger partial charge is 0.302 e. The Hall–Kier alpha value is -0.610. The summed E-state index contributed by atoms with van der Waals surface area (Å²) in [5.41, 5.74) is 0.0940. The largest absolute Gasteiger partial charge is 0.465 e. The summed E-state index contributed by atoms with van der Waals surface area (Å²) in [5.74, 6) is 2.44. The first-order valence-electron chi connectivity index (χ1n) is 10.8. The fourth-order valence-electron chi connectivity index (χ4n) is 8.05. The minimum atomic E-state index is -0.209. The number of esters is 1. The molecule has 26 heavy (non-hydrogen) atoms. The summed E-state index contributed by atoms with van der Waals surface area (Å²) in [7, 11) is 0. The van der Waals surface area contributed by atoms with Gasteiger partial charge in [-0.1, -0.05) is 13.8 Å². The summed E-state index contributed by atoms with van der Waals surface area (Å²) < 4.78 is 5.68.